The zero-order chi connectivity index (χ0) is 9.42. The van der Waals surface area contributed by atoms with Gasteiger partial charge in [0.1, 0.15) is 11.4 Å². The molecule has 0 aliphatic heterocycles. The molecule has 0 saturated carbocycles. The molecule has 0 aliphatic carbocycles. The van der Waals surface area contributed by atoms with Crippen molar-refractivity contribution in [2.75, 3.05) is 0 Å². The van der Waals surface area contributed by atoms with Crippen molar-refractivity contribution in [3.63, 3.8) is 0 Å². The van der Waals surface area contributed by atoms with E-state index in [1.807, 2.05) is 0 Å². The number of hydrogen-bond acceptors (Lipinski definition) is 2. The number of hydrogen-bond donors (Lipinski definition) is 1. The molecule has 0 aliphatic rings. The number of halogens is 1. The van der Waals surface area contributed by atoms with Crippen LogP contribution in [0, 0.1) is 5.82 Å². The van der Waals surface area contributed by atoms with E-state index in [-0.39, 0.29) is 11.6 Å². The number of carbonyl (C=O) groups excluding carboxylic acids is 1. The molecule has 1 aromatic heterocycles. The highest BCUT2D eigenvalue weighted by molar-refractivity contribution is 5.94. The standard InChI is InChI=1S/C9H6FNO2/c10-6-1-2-7-5(3-6)4-8(13-7)9(11)12/h1-4H,(H2,11,12). The van der Waals surface area contributed by atoms with Gasteiger partial charge in [0.25, 0.3) is 5.91 Å². The fraction of sp³-hybridized carbons (Fsp3) is 0. The van der Waals surface area contributed by atoms with Crippen LogP contribution in [0.5, 0.6) is 0 Å². The normalized spacial score (nSPS) is 10.5. The summed E-state index contributed by atoms with van der Waals surface area (Å²) in [5.74, 6) is -0.985. The zero-order valence-electron chi connectivity index (χ0n) is 6.58. The molecule has 3 nitrogen and oxygen atoms in total. The molecule has 1 heterocycles. The number of carbonyl (C=O) groups is 1. The van der Waals surface area contributed by atoms with Gasteiger partial charge in [0.2, 0.25) is 0 Å². The van der Waals surface area contributed by atoms with Crippen LogP contribution in [0.4, 0.5) is 4.39 Å². The van der Waals surface area contributed by atoms with Crippen LogP contribution in [0.2, 0.25) is 0 Å². The second-order valence-electron chi connectivity index (χ2n) is 2.66. The van der Waals surface area contributed by atoms with E-state index in [9.17, 15) is 9.18 Å². The lowest BCUT2D eigenvalue weighted by Gasteiger charge is -1.86. The maximum atomic E-state index is 12.7. The van der Waals surface area contributed by atoms with Crippen molar-refractivity contribution in [3.8, 4) is 0 Å². The maximum Gasteiger partial charge on any atom is 0.284 e. The number of amides is 1. The summed E-state index contributed by atoms with van der Waals surface area (Å²) >= 11 is 0. The van der Waals surface area contributed by atoms with E-state index >= 15 is 0 Å². The topological polar surface area (TPSA) is 56.2 Å². The minimum absolute atomic E-state index is 0.0422. The molecule has 0 unspecified atom stereocenters. The van der Waals surface area contributed by atoms with Crippen molar-refractivity contribution in [2.45, 2.75) is 0 Å². The first-order valence-corrected chi connectivity index (χ1v) is 3.66. The first-order chi connectivity index (χ1) is 6.16. The van der Waals surface area contributed by atoms with Crippen LogP contribution in [-0.2, 0) is 0 Å². The lowest BCUT2D eigenvalue weighted by atomic mass is 10.2. The third kappa shape index (κ3) is 1.26. The second-order valence-corrected chi connectivity index (χ2v) is 2.66. The number of furan rings is 1. The van der Waals surface area contributed by atoms with E-state index in [0.717, 1.165) is 0 Å². The third-order valence-corrected chi connectivity index (χ3v) is 1.72. The molecule has 0 atom stereocenters. The largest absolute Gasteiger partial charge is 0.451 e. The fourth-order valence-electron chi connectivity index (χ4n) is 1.14. The monoisotopic (exact) mass is 179 g/mol. The van der Waals surface area contributed by atoms with Crippen LogP contribution in [-0.4, -0.2) is 5.91 Å². The Morgan fingerprint density at radius 1 is 1.38 bits per heavy atom. The van der Waals surface area contributed by atoms with Gasteiger partial charge in [-0.2, -0.15) is 0 Å². The Bertz CT molecular complexity index is 475. The molecule has 2 rings (SSSR count). The molecular formula is C9H6FNO2. The van der Waals surface area contributed by atoms with Crippen molar-refractivity contribution in [3.05, 3.63) is 35.8 Å². The highest BCUT2D eigenvalue weighted by Crippen LogP contribution is 2.19. The fourth-order valence-corrected chi connectivity index (χ4v) is 1.14. The Hall–Kier alpha value is -1.84. The maximum absolute atomic E-state index is 12.7. The van der Waals surface area contributed by atoms with E-state index in [1.54, 1.807) is 0 Å². The summed E-state index contributed by atoms with van der Waals surface area (Å²) in [6.07, 6.45) is 0. The predicted molar refractivity (Wildman–Crippen MR) is 44.7 cm³/mol. The van der Waals surface area contributed by atoms with Crippen LogP contribution >= 0.6 is 0 Å². The van der Waals surface area contributed by atoms with E-state index in [4.69, 9.17) is 10.2 Å². The molecule has 0 spiro atoms. The molecule has 66 valence electrons. The van der Waals surface area contributed by atoms with Gasteiger partial charge in [-0.15, -0.1) is 0 Å². The second kappa shape index (κ2) is 2.58. The molecule has 4 heteroatoms. The molecule has 13 heavy (non-hydrogen) atoms. The number of fused-ring (bicyclic) bond motifs is 1. The quantitative estimate of drug-likeness (QED) is 0.723. The molecule has 0 fully saturated rings. The van der Waals surface area contributed by atoms with Gasteiger partial charge in [0.05, 0.1) is 0 Å². The molecule has 0 radical (unpaired) electrons. The summed E-state index contributed by atoms with van der Waals surface area (Å²) in [7, 11) is 0. The molecule has 0 bridgehead atoms. The summed E-state index contributed by atoms with van der Waals surface area (Å²) < 4.78 is 17.7. The van der Waals surface area contributed by atoms with E-state index in [2.05, 4.69) is 0 Å². The van der Waals surface area contributed by atoms with Crippen LogP contribution in [0.3, 0.4) is 0 Å². The SMILES string of the molecule is NC(=O)c1cc2cc(F)ccc2o1. The molecule has 2 aromatic rings. The van der Waals surface area contributed by atoms with Gasteiger partial charge in [-0.1, -0.05) is 0 Å². The first-order valence-electron chi connectivity index (χ1n) is 3.66. The Kier molecular flexibility index (Phi) is 1.55. The van der Waals surface area contributed by atoms with Crippen molar-refractivity contribution in [1.29, 1.82) is 0 Å². The summed E-state index contributed by atoms with van der Waals surface area (Å²) in [4.78, 5) is 10.7. The molecule has 2 N–H and O–H groups in total. The molecule has 0 saturated heterocycles. The van der Waals surface area contributed by atoms with E-state index in [0.29, 0.717) is 11.0 Å². The van der Waals surface area contributed by atoms with Gasteiger partial charge < -0.3 is 10.2 Å². The Balaban J connectivity index is 2.68. The highest BCUT2D eigenvalue weighted by Gasteiger charge is 2.08. The summed E-state index contributed by atoms with van der Waals surface area (Å²) in [6.45, 7) is 0. The van der Waals surface area contributed by atoms with Crippen LogP contribution < -0.4 is 5.73 Å². The van der Waals surface area contributed by atoms with Gasteiger partial charge >= 0.3 is 0 Å². The minimum atomic E-state index is -0.656. The van der Waals surface area contributed by atoms with E-state index in [1.165, 1.54) is 24.3 Å². The number of benzene rings is 1. The molecule has 1 aromatic carbocycles. The van der Waals surface area contributed by atoms with Crippen molar-refractivity contribution in [2.24, 2.45) is 5.73 Å². The summed E-state index contributed by atoms with van der Waals surface area (Å²) in [5.41, 5.74) is 5.44. The Morgan fingerprint density at radius 3 is 2.85 bits per heavy atom. The number of primary amides is 1. The van der Waals surface area contributed by atoms with Crippen LogP contribution in [0.1, 0.15) is 10.6 Å². The van der Waals surface area contributed by atoms with Gasteiger partial charge in [-0.05, 0) is 24.3 Å². The lowest BCUT2D eigenvalue weighted by molar-refractivity contribution is 0.0976. The summed E-state index contributed by atoms with van der Waals surface area (Å²) in [5, 5.41) is 0.536. The van der Waals surface area contributed by atoms with Crippen molar-refractivity contribution >= 4 is 16.9 Å². The van der Waals surface area contributed by atoms with Gasteiger partial charge in [0.15, 0.2) is 5.76 Å². The highest BCUT2D eigenvalue weighted by atomic mass is 19.1. The van der Waals surface area contributed by atoms with Crippen molar-refractivity contribution < 1.29 is 13.6 Å². The molecule has 1 amide bonds. The van der Waals surface area contributed by atoms with Crippen molar-refractivity contribution in [1.82, 2.24) is 0 Å². The van der Waals surface area contributed by atoms with E-state index < -0.39 is 5.91 Å². The zero-order valence-corrected chi connectivity index (χ0v) is 6.58. The lowest BCUT2D eigenvalue weighted by Crippen LogP contribution is -2.08. The number of rotatable bonds is 1. The average Bonchev–Trinajstić information content (AvgIpc) is 2.46. The smallest absolute Gasteiger partial charge is 0.284 e. The van der Waals surface area contributed by atoms with Gasteiger partial charge in [0, 0.05) is 5.39 Å². The van der Waals surface area contributed by atoms with Gasteiger partial charge in [-0.25, -0.2) is 4.39 Å². The average molecular weight is 179 g/mol. The van der Waals surface area contributed by atoms with Crippen LogP contribution in [0.15, 0.2) is 28.7 Å². The van der Waals surface area contributed by atoms with Crippen LogP contribution in [0.25, 0.3) is 11.0 Å². The Labute approximate surface area is 72.9 Å². The Morgan fingerprint density at radius 2 is 2.15 bits per heavy atom. The number of nitrogens with two attached hydrogens (primary N) is 1. The summed E-state index contributed by atoms with van der Waals surface area (Å²) in [6, 6.07) is 5.42. The third-order valence-electron chi connectivity index (χ3n) is 1.72. The predicted octanol–water partition coefficient (Wildman–Crippen LogP) is 1.67. The van der Waals surface area contributed by atoms with Gasteiger partial charge in [-0.3, -0.25) is 4.79 Å². The minimum Gasteiger partial charge on any atom is -0.451 e. The first kappa shape index (κ1) is 7.79. The molecular weight excluding hydrogens is 173 g/mol.